The zero-order valence-corrected chi connectivity index (χ0v) is 17.7. The van der Waals surface area contributed by atoms with Crippen molar-refractivity contribution in [3.8, 4) is 22.8 Å². The fourth-order valence-electron chi connectivity index (χ4n) is 4.06. The number of hydrogen-bond acceptors (Lipinski definition) is 4. The van der Waals surface area contributed by atoms with Crippen LogP contribution in [0, 0.1) is 0 Å². The Morgan fingerprint density at radius 3 is 2.63 bits per heavy atom. The van der Waals surface area contributed by atoms with Gasteiger partial charge in [-0.1, -0.05) is 6.07 Å². The predicted octanol–water partition coefficient (Wildman–Crippen LogP) is 5.46. The van der Waals surface area contributed by atoms with Crippen LogP contribution in [0.25, 0.3) is 33.1 Å². The maximum atomic E-state index is 5.82. The number of aromatic nitrogens is 2. The van der Waals surface area contributed by atoms with Crippen LogP contribution in [0.1, 0.15) is 32.3 Å². The minimum atomic E-state index is 0.613. The van der Waals surface area contributed by atoms with E-state index in [0.717, 1.165) is 58.4 Å². The van der Waals surface area contributed by atoms with Crippen molar-refractivity contribution in [2.24, 2.45) is 5.73 Å². The number of nitrogens with one attached hydrogen (secondary N) is 1. The summed E-state index contributed by atoms with van der Waals surface area (Å²) in [5.41, 5.74) is 11.3. The van der Waals surface area contributed by atoms with Crippen molar-refractivity contribution in [1.82, 2.24) is 9.97 Å². The summed E-state index contributed by atoms with van der Waals surface area (Å²) in [6.45, 7) is 5.97. The van der Waals surface area contributed by atoms with Crippen LogP contribution in [0.5, 0.6) is 11.5 Å². The summed E-state index contributed by atoms with van der Waals surface area (Å²) in [5, 5.41) is 2.29. The van der Waals surface area contributed by atoms with E-state index in [1.54, 1.807) is 0 Å². The van der Waals surface area contributed by atoms with Gasteiger partial charge in [-0.05, 0) is 81.6 Å². The molecule has 2 heterocycles. The first-order chi connectivity index (χ1) is 14.8. The highest BCUT2D eigenvalue weighted by Crippen LogP contribution is 2.38. The summed E-state index contributed by atoms with van der Waals surface area (Å²) in [7, 11) is 0. The van der Waals surface area contributed by atoms with Crippen molar-refractivity contribution in [2.45, 2.75) is 33.1 Å². The quantitative estimate of drug-likeness (QED) is 0.364. The molecule has 0 saturated carbocycles. The molecule has 30 heavy (non-hydrogen) atoms. The Kier molecular flexibility index (Phi) is 6.19. The lowest BCUT2D eigenvalue weighted by molar-refractivity contribution is 0.340. The molecule has 0 aliphatic carbocycles. The van der Waals surface area contributed by atoms with Gasteiger partial charge in [-0.25, -0.2) is 0 Å². The fraction of sp³-hybridized carbons (Fsp3) is 0.320. The third-order valence-corrected chi connectivity index (χ3v) is 5.37. The molecule has 0 atom stereocenters. The molecule has 0 radical (unpaired) electrons. The Labute approximate surface area is 177 Å². The van der Waals surface area contributed by atoms with Gasteiger partial charge in [0.05, 0.1) is 18.9 Å². The molecule has 2 aromatic carbocycles. The highest BCUT2D eigenvalue weighted by atomic mass is 16.5. The van der Waals surface area contributed by atoms with Gasteiger partial charge in [0.15, 0.2) is 0 Å². The van der Waals surface area contributed by atoms with Crippen molar-refractivity contribution < 1.29 is 9.47 Å². The van der Waals surface area contributed by atoms with E-state index in [4.69, 9.17) is 15.2 Å². The van der Waals surface area contributed by atoms with Crippen LogP contribution in [-0.2, 0) is 6.42 Å². The molecule has 4 aromatic rings. The molecular formula is C25H29N3O2. The van der Waals surface area contributed by atoms with Crippen LogP contribution in [0.2, 0.25) is 0 Å². The zero-order valence-electron chi connectivity index (χ0n) is 17.7. The number of nitrogens with two attached hydrogens (primary N) is 1. The van der Waals surface area contributed by atoms with E-state index in [-0.39, 0.29) is 0 Å². The van der Waals surface area contributed by atoms with Gasteiger partial charge in [-0.3, -0.25) is 4.98 Å². The van der Waals surface area contributed by atoms with E-state index in [1.165, 1.54) is 10.9 Å². The maximum Gasteiger partial charge on any atom is 0.145 e. The zero-order chi connectivity index (χ0) is 20.9. The van der Waals surface area contributed by atoms with E-state index in [0.29, 0.717) is 19.8 Å². The highest BCUT2D eigenvalue weighted by molar-refractivity contribution is 6.01. The molecule has 0 bridgehead atoms. The molecule has 2 aromatic heterocycles. The van der Waals surface area contributed by atoms with Crippen molar-refractivity contribution >= 4 is 21.8 Å². The number of rotatable bonds is 9. The molecule has 0 spiro atoms. The first kappa shape index (κ1) is 20.2. The minimum Gasteiger partial charge on any atom is -0.494 e. The molecule has 5 nitrogen and oxygen atoms in total. The first-order valence-corrected chi connectivity index (χ1v) is 10.7. The van der Waals surface area contributed by atoms with Crippen LogP contribution in [0.3, 0.4) is 0 Å². The maximum absolute atomic E-state index is 5.82. The van der Waals surface area contributed by atoms with Gasteiger partial charge < -0.3 is 20.2 Å². The number of unbranched alkanes of at least 4 members (excludes halogenated alkanes) is 1. The topological polar surface area (TPSA) is 73.2 Å². The number of aromatic amines is 1. The second-order valence-electron chi connectivity index (χ2n) is 7.31. The molecule has 0 amide bonds. The predicted molar refractivity (Wildman–Crippen MR) is 123 cm³/mol. The average molecular weight is 404 g/mol. The van der Waals surface area contributed by atoms with E-state index in [9.17, 15) is 0 Å². The Morgan fingerprint density at radius 1 is 0.967 bits per heavy atom. The molecule has 3 N–H and O–H groups in total. The van der Waals surface area contributed by atoms with Crippen LogP contribution < -0.4 is 15.2 Å². The molecule has 0 saturated heterocycles. The smallest absolute Gasteiger partial charge is 0.145 e. The van der Waals surface area contributed by atoms with E-state index in [1.807, 2.05) is 38.2 Å². The fourth-order valence-corrected chi connectivity index (χ4v) is 4.06. The van der Waals surface area contributed by atoms with E-state index >= 15 is 0 Å². The number of ether oxygens (including phenoxy) is 2. The summed E-state index contributed by atoms with van der Waals surface area (Å²) >= 11 is 0. The molecule has 4 rings (SSSR count). The molecule has 0 fully saturated rings. The monoisotopic (exact) mass is 403 g/mol. The summed E-state index contributed by atoms with van der Waals surface area (Å²) in [5.74, 6) is 1.71. The van der Waals surface area contributed by atoms with Gasteiger partial charge in [-0.2, -0.15) is 0 Å². The lowest BCUT2D eigenvalue weighted by Gasteiger charge is -2.12. The van der Waals surface area contributed by atoms with Crippen molar-refractivity contribution in [1.29, 1.82) is 0 Å². The number of aryl methyl sites for hydroxylation is 1. The Bertz CT molecular complexity index is 1150. The van der Waals surface area contributed by atoms with Crippen molar-refractivity contribution in [3.63, 3.8) is 0 Å². The highest BCUT2D eigenvalue weighted by Gasteiger charge is 2.17. The average Bonchev–Trinajstić information content (AvgIpc) is 3.12. The van der Waals surface area contributed by atoms with Crippen LogP contribution >= 0.6 is 0 Å². The Hall–Kier alpha value is -3.05. The summed E-state index contributed by atoms with van der Waals surface area (Å²) < 4.78 is 11.6. The van der Waals surface area contributed by atoms with Gasteiger partial charge in [0.2, 0.25) is 0 Å². The standard InChI is InChI=1S/C25H29N3O2/c1-3-29-17-10-12-22-21(16-17)19(8-5-6-14-26)24(28-22)20-11-13-23(30-4-2)25-18(20)9-7-15-27-25/h7,9-13,15-16,28H,3-6,8,14,26H2,1-2H3. The number of benzene rings is 2. The number of pyridine rings is 1. The Morgan fingerprint density at radius 2 is 1.83 bits per heavy atom. The van der Waals surface area contributed by atoms with Gasteiger partial charge in [0.25, 0.3) is 0 Å². The normalized spacial score (nSPS) is 11.3. The Balaban J connectivity index is 1.91. The van der Waals surface area contributed by atoms with Gasteiger partial charge >= 0.3 is 0 Å². The lowest BCUT2D eigenvalue weighted by Crippen LogP contribution is -2.00. The number of nitrogens with zero attached hydrogens (tertiary/aromatic N) is 1. The number of hydrogen-bond donors (Lipinski definition) is 2. The molecule has 0 aliphatic rings. The number of H-pyrrole nitrogens is 1. The largest absolute Gasteiger partial charge is 0.494 e. The van der Waals surface area contributed by atoms with Crippen LogP contribution in [0.15, 0.2) is 48.7 Å². The first-order valence-electron chi connectivity index (χ1n) is 10.7. The second-order valence-corrected chi connectivity index (χ2v) is 7.31. The summed E-state index contributed by atoms with van der Waals surface area (Å²) in [6.07, 6.45) is 4.82. The third kappa shape index (κ3) is 3.85. The third-order valence-electron chi connectivity index (χ3n) is 5.37. The van der Waals surface area contributed by atoms with Crippen LogP contribution in [0.4, 0.5) is 0 Å². The SMILES string of the molecule is CCOc1ccc2[nH]c(-c3ccc(OCC)c4ncccc34)c(CCCCN)c2c1. The van der Waals surface area contributed by atoms with Gasteiger partial charge in [0.1, 0.15) is 17.0 Å². The summed E-state index contributed by atoms with van der Waals surface area (Å²) in [4.78, 5) is 8.27. The molecular weight excluding hydrogens is 374 g/mol. The lowest BCUT2D eigenvalue weighted by atomic mass is 9.97. The summed E-state index contributed by atoms with van der Waals surface area (Å²) in [6, 6.07) is 14.5. The van der Waals surface area contributed by atoms with Crippen molar-refractivity contribution in [2.75, 3.05) is 19.8 Å². The number of fused-ring (bicyclic) bond motifs is 2. The molecule has 156 valence electrons. The molecule has 0 aliphatic heterocycles. The van der Waals surface area contributed by atoms with E-state index < -0.39 is 0 Å². The second kappa shape index (κ2) is 9.18. The van der Waals surface area contributed by atoms with Gasteiger partial charge in [0, 0.05) is 28.0 Å². The van der Waals surface area contributed by atoms with E-state index in [2.05, 4.69) is 34.2 Å². The van der Waals surface area contributed by atoms with Gasteiger partial charge in [-0.15, -0.1) is 0 Å². The molecule has 0 unspecified atom stereocenters. The minimum absolute atomic E-state index is 0.613. The van der Waals surface area contributed by atoms with Crippen LogP contribution in [-0.4, -0.2) is 29.7 Å². The molecule has 5 heteroatoms. The van der Waals surface area contributed by atoms with Crippen molar-refractivity contribution in [3.05, 3.63) is 54.2 Å².